The summed E-state index contributed by atoms with van der Waals surface area (Å²) in [6, 6.07) is 8.54. The second-order valence-corrected chi connectivity index (χ2v) is 7.03. The molecule has 0 atom stereocenters. The number of aromatic nitrogens is 1. The number of alkyl halides is 3. The van der Waals surface area contributed by atoms with Gasteiger partial charge in [-0.15, -0.1) is 11.3 Å². The number of esters is 1. The molecule has 0 aliphatic heterocycles. The van der Waals surface area contributed by atoms with Crippen LogP contribution in [0.5, 0.6) is 0 Å². The van der Waals surface area contributed by atoms with Crippen molar-refractivity contribution in [2.45, 2.75) is 25.4 Å². The second kappa shape index (κ2) is 9.65. The molecule has 4 N–H and O–H groups in total. The van der Waals surface area contributed by atoms with Crippen LogP contribution in [0.3, 0.4) is 0 Å². The minimum atomic E-state index is -4.85. The van der Waals surface area contributed by atoms with E-state index in [1.807, 2.05) is 5.38 Å². The number of rotatable bonds is 5. The average molecular weight is 416 g/mol. The Balaban J connectivity index is 0.000000300. The maximum atomic E-state index is 11.3. The van der Waals surface area contributed by atoms with E-state index in [9.17, 15) is 22.8 Å². The molecule has 1 aromatic heterocycles. The molecular formula is C18H21F3N3O3S+. The fraction of sp³-hybridized carbons (Fsp3) is 0.389. The van der Waals surface area contributed by atoms with Crippen LogP contribution in [0.2, 0.25) is 0 Å². The fourth-order valence-corrected chi connectivity index (χ4v) is 3.01. The van der Waals surface area contributed by atoms with Crippen LogP contribution >= 0.6 is 11.3 Å². The molecule has 1 aliphatic rings. The van der Waals surface area contributed by atoms with Crippen LogP contribution in [0.1, 0.15) is 18.4 Å². The summed E-state index contributed by atoms with van der Waals surface area (Å²) in [5, 5.41) is 5.37. The van der Waals surface area contributed by atoms with Crippen molar-refractivity contribution < 1.29 is 33.2 Å². The van der Waals surface area contributed by atoms with Crippen molar-refractivity contribution in [3.8, 4) is 11.3 Å². The SMILES string of the molecule is COC(=O)C(F)(F)F.[NH3+]CC(=O)Nc1nc(-c2cccc(CC3CC3)c2)cs1. The molecule has 0 saturated heterocycles. The Hall–Kier alpha value is -2.46. The molecule has 0 bridgehead atoms. The van der Waals surface area contributed by atoms with Crippen LogP contribution in [-0.4, -0.2) is 36.7 Å². The maximum Gasteiger partial charge on any atom is 0.490 e. The lowest BCUT2D eigenvalue weighted by atomic mass is 10.0. The van der Waals surface area contributed by atoms with Gasteiger partial charge in [-0.2, -0.15) is 13.2 Å². The Bertz CT molecular complexity index is 820. The number of amides is 1. The summed E-state index contributed by atoms with van der Waals surface area (Å²) in [5.74, 6) is -1.39. The Morgan fingerprint density at radius 2 is 2.07 bits per heavy atom. The predicted molar refractivity (Wildman–Crippen MR) is 98.4 cm³/mol. The minimum Gasteiger partial charge on any atom is -0.462 e. The van der Waals surface area contributed by atoms with Crippen LogP contribution < -0.4 is 11.1 Å². The minimum absolute atomic E-state index is 0.103. The van der Waals surface area contributed by atoms with Gasteiger partial charge in [-0.25, -0.2) is 9.78 Å². The van der Waals surface area contributed by atoms with E-state index in [1.165, 1.54) is 36.2 Å². The number of hydrogen-bond acceptors (Lipinski definition) is 5. The number of halogens is 3. The van der Waals surface area contributed by atoms with Crippen molar-refractivity contribution in [2.24, 2.45) is 5.92 Å². The first kappa shape index (κ1) is 21.8. The molecule has 1 saturated carbocycles. The Morgan fingerprint density at radius 1 is 1.36 bits per heavy atom. The van der Waals surface area contributed by atoms with E-state index in [4.69, 9.17) is 0 Å². The molecular weight excluding hydrogens is 395 g/mol. The first-order valence-electron chi connectivity index (χ1n) is 8.52. The molecule has 1 fully saturated rings. The number of anilines is 1. The Kier molecular flexibility index (Phi) is 7.53. The van der Waals surface area contributed by atoms with E-state index in [0.717, 1.165) is 17.2 Å². The van der Waals surface area contributed by atoms with Gasteiger partial charge < -0.3 is 10.5 Å². The van der Waals surface area contributed by atoms with Crippen LogP contribution in [0.15, 0.2) is 29.6 Å². The molecule has 1 heterocycles. The normalized spacial score (nSPS) is 13.3. The van der Waals surface area contributed by atoms with E-state index in [1.54, 1.807) is 0 Å². The van der Waals surface area contributed by atoms with Crippen molar-refractivity contribution >= 4 is 28.3 Å². The number of nitrogens with zero attached hydrogens (tertiary/aromatic N) is 1. The highest BCUT2D eigenvalue weighted by atomic mass is 32.1. The number of carbonyl (C=O) groups excluding carboxylic acids is 2. The van der Waals surface area contributed by atoms with Crippen LogP contribution in [0, 0.1) is 5.92 Å². The van der Waals surface area contributed by atoms with Gasteiger partial charge in [-0.3, -0.25) is 10.1 Å². The topological polar surface area (TPSA) is 95.9 Å². The molecule has 3 rings (SSSR count). The molecule has 0 unspecified atom stereocenters. The number of quaternary nitrogens is 1. The van der Waals surface area contributed by atoms with Gasteiger partial charge in [0, 0.05) is 10.9 Å². The van der Waals surface area contributed by atoms with Gasteiger partial charge in [-0.1, -0.05) is 18.2 Å². The smallest absolute Gasteiger partial charge is 0.462 e. The maximum absolute atomic E-state index is 11.3. The summed E-state index contributed by atoms with van der Waals surface area (Å²) in [4.78, 5) is 25.3. The number of ether oxygens (including phenoxy) is 1. The fourth-order valence-electron chi connectivity index (χ4n) is 2.27. The molecule has 152 valence electrons. The van der Waals surface area contributed by atoms with Crippen LogP contribution in [0.25, 0.3) is 11.3 Å². The summed E-state index contributed by atoms with van der Waals surface area (Å²) in [6.45, 7) is 0.228. The van der Waals surface area contributed by atoms with Crippen LogP contribution in [-0.2, 0) is 20.7 Å². The summed E-state index contributed by atoms with van der Waals surface area (Å²) >= 11 is 1.45. The van der Waals surface area contributed by atoms with Crippen LogP contribution in [0.4, 0.5) is 18.3 Å². The number of methoxy groups -OCH3 is 1. The van der Waals surface area contributed by atoms with Gasteiger partial charge in [0.2, 0.25) is 0 Å². The molecule has 0 spiro atoms. The van der Waals surface area contributed by atoms with Crippen molar-refractivity contribution in [3.05, 3.63) is 35.2 Å². The first-order chi connectivity index (χ1) is 13.2. The molecule has 10 heteroatoms. The van der Waals surface area contributed by atoms with E-state index in [-0.39, 0.29) is 12.5 Å². The first-order valence-corrected chi connectivity index (χ1v) is 9.40. The Morgan fingerprint density at radius 3 is 2.61 bits per heavy atom. The number of benzene rings is 1. The summed E-state index contributed by atoms with van der Waals surface area (Å²) < 4.78 is 36.3. The number of hydrogen-bond donors (Lipinski definition) is 2. The number of carbonyl (C=O) groups is 2. The highest BCUT2D eigenvalue weighted by Gasteiger charge is 2.40. The Labute approximate surface area is 163 Å². The van der Waals surface area contributed by atoms with Gasteiger partial charge >= 0.3 is 12.1 Å². The highest BCUT2D eigenvalue weighted by Crippen LogP contribution is 2.33. The molecule has 1 aliphatic carbocycles. The van der Waals surface area contributed by atoms with E-state index in [0.29, 0.717) is 12.2 Å². The third-order valence-electron chi connectivity index (χ3n) is 3.84. The quantitative estimate of drug-likeness (QED) is 0.733. The lowest BCUT2D eigenvalue weighted by Gasteiger charge is -2.02. The number of nitrogens with one attached hydrogen (secondary N) is 1. The van der Waals surface area contributed by atoms with Crippen molar-refractivity contribution in [1.29, 1.82) is 0 Å². The largest absolute Gasteiger partial charge is 0.490 e. The molecule has 1 aromatic carbocycles. The summed E-state index contributed by atoms with van der Waals surface area (Å²) in [5.41, 5.74) is 6.98. The molecule has 1 amide bonds. The standard InChI is InChI=1S/C15H17N3OS.C3H3F3O2/c16-8-14(19)18-15-17-13(9-20-15)12-3-1-2-11(7-12)6-10-4-5-10;1-8-2(7)3(4,5)6/h1-3,7,9-10H,4-6,8,16H2,(H,17,18,19);1H3/p+1. The molecule has 6 nitrogen and oxygen atoms in total. The van der Waals surface area contributed by atoms with E-state index in [2.05, 4.69) is 45.0 Å². The zero-order valence-corrected chi connectivity index (χ0v) is 16.0. The summed E-state index contributed by atoms with van der Waals surface area (Å²) in [6.07, 6.45) is -0.956. The molecule has 2 aromatic rings. The third kappa shape index (κ3) is 6.93. The zero-order valence-electron chi connectivity index (χ0n) is 15.2. The van der Waals surface area contributed by atoms with Gasteiger partial charge in [0.1, 0.15) is 0 Å². The van der Waals surface area contributed by atoms with Gasteiger partial charge in [0.25, 0.3) is 5.91 Å². The molecule has 0 radical (unpaired) electrons. The van der Waals surface area contributed by atoms with Gasteiger partial charge in [0.05, 0.1) is 12.8 Å². The molecule has 28 heavy (non-hydrogen) atoms. The lowest BCUT2D eigenvalue weighted by Crippen LogP contribution is -2.55. The lowest BCUT2D eigenvalue weighted by molar-refractivity contribution is -0.353. The third-order valence-corrected chi connectivity index (χ3v) is 4.60. The predicted octanol–water partition coefficient (Wildman–Crippen LogP) is 2.66. The highest BCUT2D eigenvalue weighted by molar-refractivity contribution is 7.14. The zero-order chi connectivity index (χ0) is 20.7. The monoisotopic (exact) mass is 416 g/mol. The second-order valence-electron chi connectivity index (χ2n) is 6.17. The average Bonchev–Trinajstić information content (AvgIpc) is 3.35. The van der Waals surface area contributed by atoms with E-state index < -0.39 is 12.1 Å². The van der Waals surface area contributed by atoms with Gasteiger partial charge in [0.15, 0.2) is 11.7 Å². The van der Waals surface area contributed by atoms with Gasteiger partial charge in [-0.05, 0) is 36.8 Å². The summed E-state index contributed by atoms with van der Waals surface area (Å²) in [7, 11) is 0.676. The van der Waals surface area contributed by atoms with Crippen molar-refractivity contribution in [3.63, 3.8) is 0 Å². The van der Waals surface area contributed by atoms with Crippen molar-refractivity contribution in [2.75, 3.05) is 19.0 Å². The van der Waals surface area contributed by atoms with Crippen molar-refractivity contribution in [1.82, 2.24) is 4.98 Å². The van der Waals surface area contributed by atoms with E-state index >= 15 is 0 Å². The number of thiazole rings is 1.